The molecule has 1 saturated heterocycles. The SMILES string of the molecule is CC(=O)[C@@H](NC(=O)C(C)(C)NC(=O)[C@@H]1CCCN1C(=O)[C@H](C)CC(O)c1ccc(C)c(N2Cc3cnc(Nc4ccc(C)nc4)nc3N(C)C2=O)c1)C(C)C. The molecule has 0 aliphatic carbocycles. The number of amides is 5. The van der Waals surface area contributed by atoms with Gasteiger partial charge >= 0.3 is 6.03 Å². The van der Waals surface area contributed by atoms with E-state index < -0.39 is 41.5 Å². The van der Waals surface area contributed by atoms with Crippen LogP contribution in [0.2, 0.25) is 0 Å². The number of carbonyl (C=O) groups is 5. The molecule has 5 rings (SSSR count). The summed E-state index contributed by atoms with van der Waals surface area (Å²) < 4.78 is 0. The fourth-order valence-corrected chi connectivity index (χ4v) is 7.02. The van der Waals surface area contributed by atoms with Crippen LogP contribution in [0.15, 0.2) is 42.7 Å². The van der Waals surface area contributed by atoms with Crippen molar-refractivity contribution in [2.45, 2.75) is 105 Å². The van der Waals surface area contributed by atoms with Gasteiger partial charge in [-0.15, -0.1) is 0 Å². The molecular formula is C40H53N9O6. The molecule has 55 heavy (non-hydrogen) atoms. The van der Waals surface area contributed by atoms with E-state index in [1.807, 2.05) is 45.9 Å². The van der Waals surface area contributed by atoms with Crippen LogP contribution >= 0.6 is 0 Å². The molecule has 3 aromatic rings. The van der Waals surface area contributed by atoms with E-state index in [9.17, 15) is 29.1 Å². The minimum absolute atomic E-state index is 0.0819. The quantitative estimate of drug-likeness (QED) is 0.194. The van der Waals surface area contributed by atoms with Gasteiger partial charge in [0.05, 0.1) is 30.6 Å². The molecular weight excluding hydrogens is 702 g/mol. The van der Waals surface area contributed by atoms with Crippen LogP contribution in [0.4, 0.5) is 27.9 Å². The van der Waals surface area contributed by atoms with Crippen molar-refractivity contribution in [3.63, 3.8) is 0 Å². The van der Waals surface area contributed by atoms with E-state index in [1.165, 1.54) is 16.7 Å². The van der Waals surface area contributed by atoms with Gasteiger partial charge in [0.25, 0.3) is 0 Å². The van der Waals surface area contributed by atoms with E-state index in [0.717, 1.165) is 22.5 Å². The highest BCUT2D eigenvalue weighted by atomic mass is 16.3. The van der Waals surface area contributed by atoms with E-state index >= 15 is 0 Å². The molecule has 0 radical (unpaired) electrons. The van der Waals surface area contributed by atoms with Crippen molar-refractivity contribution in [2.24, 2.45) is 11.8 Å². The van der Waals surface area contributed by atoms with Gasteiger partial charge < -0.3 is 26.0 Å². The number of pyridine rings is 1. The van der Waals surface area contributed by atoms with Crippen molar-refractivity contribution in [2.75, 3.05) is 28.7 Å². The third kappa shape index (κ3) is 9.10. The fourth-order valence-electron chi connectivity index (χ4n) is 7.02. The molecule has 2 aliphatic rings. The summed E-state index contributed by atoms with van der Waals surface area (Å²) >= 11 is 0. The molecule has 4 atom stereocenters. The summed E-state index contributed by atoms with van der Waals surface area (Å²) in [6, 6.07) is 7.37. The Balaban J connectivity index is 1.24. The lowest BCUT2D eigenvalue weighted by molar-refractivity contribution is -0.143. The third-order valence-corrected chi connectivity index (χ3v) is 10.3. The summed E-state index contributed by atoms with van der Waals surface area (Å²) in [5, 5.41) is 20.1. The van der Waals surface area contributed by atoms with Crippen molar-refractivity contribution in [1.82, 2.24) is 30.5 Å². The van der Waals surface area contributed by atoms with E-state index in [-0.39, 0.29) is 36.6 Å². The number of aliphatic hydroxyl groups is 1. The zero-order valence-corrected chi connectivity index (χ0v) is 33.1. The Kier molecular flexibility index (Phi) is 12.2. The van der Waals surface area contributed by atoms with Crippen LogP contribution in [0.25, 0.3) is 0 Å². The molecule has 5 amide bonds. The van der Waals surface area contributed by atoms with Gasteiger partial charge in [0.1, 0.15) is 17.4 Å². The molecule has 15 nitrogen and oxygen atoms in total. The highest BCUT2D eigenvalue weighted by Gasteiger charge is 2.41. The normalized spacial score (nSPS) is 17.4. The maximum absolute atomic E-state index is 13.8. The lowest BCUT2D eigenvalue weighted by Crippen LogP contribution is -2.61. The maximum atomic E-state index is 13.8. The van der Waals surface area contributed by atoms with E-state index in [0.29, 0.717) is 42.4 Å². The second-order valence-corrected chi connectivity index (χ2v) is 15.6. The molecule has 2 aromatic heterocycles. The second kappa shape index (κ2) is 16.5. The Bertz CT molecular complexity index is 1950. The first-order valence-electron chi connectivity index (χ1n) is 18.7. The number of hydrogen-bond acceptors (Lipinski definition) is 10. The van der Waals surface area contributed by atoms with Crippen LogP contribution in [-0.4, -0.2) is 85.7 Å². The number of Topliss-reactive ketones (excluding diaryl/α,β-unsaturated/α-hetero) is 1. The molecule has 2 aliphatic heterocycles. The Labute approximate surface area is 322 Å². The summed E-state index contributed by atoms with van der Waals surface area (Å²) in [4.78, 5) is 84.1. The molecule has 4 heterocycles. The number of fused-ring (bicyclic) bond motifs is 1. The van der Waals surface area contributed by atoms with Gasteiger partial charge in [-0.25, -0.2) is 9.78 Å². The van der Waals surface area contributed by atoms with Gasteiger partial charge in [0.2, 0.25) is 23.7 Å². The zero-order valence-electron chi connectivity index (χ0n) is 33.1. The van der Waals surface area contributed by atoms with E-state index in [1.54, 1.807) is 57.2 Å². The number of ketones is 1. The minimum atomic E-state index is -1.33. The number of nitrogens with zero attached hydrogens (tertiary/aromatic N) is 6. The van der Waals surface area contributed by atoms with Gasteiger partial charge in [-0.3, -0.25) is 34.0 Å². The van der Waals surface area contributed by atoms with Gasteiger partial charge in [0, 0.05) is 42.7 Å². The number of carbonyl (C=O) groups excluding carboxylic acids is 5. The molecule has 0 spiro atoms. The number of nitrogens with one attached hydrogen (secondary N) is 3. The van der Waals surface area contributed by atoms with Crippen molar-refractivity contribution in [3.8, 4) is 0 Å². The number of aliphatic hydroxyl groups excluding tert-OH is 1. The molecule has 0 saturated carbocycles. The molecule has 0 bridgehead atoms. The maximum Gasteiger partial charge on any atom is 0.330 e. The Morgan fingerprint density at radius 1 is 1.04 bits per heavy atom. The number of anilines is 4. The molecule has 4 N–H and O–H groups in total. The van der Waals surface area contributed by atoms with Crippen molar-refractivity contribution >= 4 is 52.7 Å². The van der Waals surface area contributed by atoms with Crippen LogP contribution in [0.3, 0.4) is 0 Å². The molecule has 1 unspecified atom stereocenters. The molecule has 1 aromatic carbocycles. The number of likely N-dealkylation sites (tertiary alicyclic amines) is 1. The van der Waals surface area contributed by atoms with Gasteiger partial charge in [-0.05, 0) is 89.1 Å². The number of rotatable bonds is 13. The first-order chi connectivity index (χ1) is 25.9. The Morgan fingerprint density at radius 2 is 1.76 bits per heavy atom. The van der Waals surface area contributed by atoms with Crippen LogP contribution in [0.1, 0.15) is 89.3 Å². The first kappa shape index (κ1) is 40.7. The van der Waals surface area contributed by atoms with Gasteiger partial charge in [-0.1, -0.05) is 32.9 Å². The number of aryl methyl sites for hydroxylation is 2. The van der Waals surface area contributed by atoms with Crippen LogP contribution < -0.4 is 25.8 Å². The monoisotopic (exact) mass is 755 g/mol. The smallest absolute Gasteiger partial charge is 0.330 e. The number of urea groups is 1. The summed E-state index contributed by atoms with van der Waals surface area (Å²) in [5.41, 5.74) is 2.98. The van der Waals surface area contributed by atoms with E-state index in [2.05, 4.69) is 30.9 Å². The van der Waals surface area contributed by atoms with Crippen LogP contribution in [0.5, 0.6) is 0 Å². The van der Waals surface area contributed by atoms with Gasteiger partial charge in [-0.2, -0.15) is 4.98 Å². The van der Waals surface area contributed by atoms with Crippen LogP contribution in [-0.2, 0) is 25.7 Å². The van der Waals surface area contributed by atoms with Crippen molar-refractivity contribution in [1.29, 1.82) is 0 Å². The number of aromatic nitrogens is 3. The topological polar surface area (TPSA) is 190 Å². The van der Waals surface area contributed by atoms with Crippen molar-refractivity contribution in [3.05, 3.63) is 65.1 Å². The van der Waals surface area contributed by atoms with Crippen LogP contribution in [0, 0.1) is 25.7 Å². The first-order valence-corrected chi connectivity index (χ1v) is 18.7. The summed E-state index contributed by atoms with van der Waals surface area (Å²) in [6.07, 6.45) is 3.46. The minimum Gasteiger partial charge on any atom is -0.388 e. The predicted molar refractivity (Wildman–Crippen MR) is 209 cm³/mol. The third-order valence-electron chi connectivity index (χ3n) is 10.3. The van der Waals surface area contributed by atoms with Gasteiger partial charge in [0.15, 0.2) is 5.78 Å². The zero-order chi connectivity index (χ0) is 40.4. The lowest BCUT2D eigenvalue weighted by atomic mass is 9.95. The number of hydrogen-bond donors (Lipinski definition) is 4. The second-order valence-electron chi connectivity index (χ2n) is 15.6. The Hall–Kier alpha value is -5.44. The van der Waals surface area contributed by atoms with Crippen molar-refractivity contribution < 1.29 is 29.1 Å². The summed E-state index contributed by atoms with van der Waals surface area (Å²) in [6.45, 7) is 14.3. The highest BCUT2D eigenvalue weighted by molar-refractivity contribution is 6.05. The highest BCUT2D eigenvalue weighted by Crippen LogP contribution is 2.35. The number of benzene rings is 1. The summed E-state index contributed by atoms with van der Waals surface area (Å²) in [5.74, 6) is -1.35. The van der Waals surface area contributed by atoms with E-state index in [4.69, 9.17) is 0 Å². The molecule has 1 fully saturated rings. The summed E-state index contributed by atoms with van der Waals surface area (Å²) in [7, 11) is 1.65. The Morgan fingerprint density at radius 3 is 2.42 bits per heavy atom. The fraction of sp³-hybridized carbons (Fsp3) is 0.500. The average Bonchev–Trinajstić information content (AvgIpc) is 3.63. The average molecular weight is 756 g/mol. The predicted octanol–water partition coefficient (Wildman–Crippen LogP) is 4.48. The molecule has 294 valence electrons. The lowest BCUT2D eigenvalue weighted by Gasteiger charge is -2.35. The standard InChI is InChI=1S/C40H53N9O6/c1-22(2)33(26(6)50)44-37(54)40(7,8)46-35(52)30-11-10-16-48(30)36(53)24(4)17-32(51)27-14-12-23(3)31(18-27)49-21-28-19-42-38(45-34(28)47(9)39(49)55)43-29-15-13-25(5)41-20-29/h12-15,18-20,22,24,30,32-33,51H,10-11,16-17,21H2,1-9H3,(H,44,54)(H,46,52)(H,42,43,45)/t24-,30+,32?,33+/m1/s1. The largest absolute Gasteiger partial charge is 0.388 e. The molecule has 15 heteroatoms.